The maximum Gasteiger partial charge on any atom is 0.415 e. The van der Waals surface area contributed by atoms with Crippen LogP contribution in [0.25, 0.3) is 0 Å². The monoisotopic (exact) mass is 214 g/mol. The Kier molecular flexibility index (Phi) is 2.29. The van der Waals surface area contributed by atoms with Crippen LogP contribution >= 0.6 is 0 Å². The summed E-state index contributed by atoms with van der Waals surface area (Å²) in [6.45, 7) is 0. The summed E-state index contributed by atoms with van der Waals surface area (Å²) in [6, 6.07) is -1.11. The number of ether oxygens (including phenoxy) is 1. The van der Waals surface area contributed by atoms with Gasteiger partial charge in [-0.3, -0.25) is 14.9 Å². The van der Waals surface area contributed by atoms with Crippen molar-refractivity contribution in [2.75, 3.05) is 0 Å². The smallest absolute Gasteiger partial charge is 0.376 e. The van der Waals surface area contributed by atoms with Crippen molar-refractivity contribution >= 4 is 12.1 Å². The molecule has 0 aromatic rings. The summed E-state index contributed by atoms with van der Waals surface area (Å²) in [6.07, 6.45) is 0.165. The number of fused-ring (bicyclic) bond motifs is 1. The molecule has 7 nitrogen and oxygen atoms in total. The Morgan fingerprint density at radius 1 is 1.40 bits per heavy atom. The van der Waals surface area contributed by atoms with Crippen molar-refractivity contribution in [3.63, 3.8) is 0 Å². The third-order valence-corrected chi connectivity index (χ3v) is 2.92. The lowest BCUT2D eigenvalue weighted by atomic mass is 9.81. The number of nitrogens with zero attached hydrogens (tertiary/aromatic N) is 1. The minimum atomic E-state index is -0.801. The molecule has 1 aliphatic carbocycles. The predicted molar refractivity (Wildman–Crippen MR) is 46.5 cm³/mol. The van der Waals surface area contributed by atoms with E-state index in [-0.39, 0.29) is 11.3 Å². The van der Waals surface area contributed by atoms with Crippen molar-refractivity contribution in [2.24, 2.45) is 5.92 Å². The number of esters is 1. The summed E-state index contributed by atoms with van der Waals surface area (Å²) < 4.78 is 4.39. The maximum absolute atomic E-state index is 11.3. The molecule has 2 rings (SSSR count). The number of rotatable bonds is 1. The Labute approximate surface area is 84.9 Å². The van der Waals surface area contributed by atoms with Crippen molar-refractivity contribution in [1.29, 1.82) is 0 Å². The molecule has 0 bridgehead atoms. The molecule has 0 aromatic carbocycles. The Morgan fingerprint density at radius 3 is 2.80 bits per heavy atom. The fraction of sp³-hybridized carbons (Fsp3) is 0.750. The van der Waals surface area contributed by atoms with Crippen LogP contribution in [0.5, 0.6) is 0 Å². The molecule has 7 heteroatoms. The average molecular weight is 214 g/mol. The third-order valence-electron chi connectivity index (χ3n) is 2.92. The number of amides is 1. The highest BCUT2D eigenvalue weighted by atomic mass is 16.6. The lowest BCUT2D eigenvalue weighted by Gasteiger charge is -2.34. The van der Waals surface area contributed by atoms with Crippen LogP contribution in [0.15, 0.2) is 0 Å². The molecule has 1 saturated carbocycles. The highest BCUT2D eigenvalue weighted by Gasteiger charge is 2.44. The zero-order valence-corrected chi connectivity index (χ0v) is 7.84. The Bertz CT molecular complexity index is 329. The number of nitro groups is 1. The molecule has 0 radical (unpaired) electrons. The largest absolute Gasteiger partial charge is 0.415 e. The number of hydrogen-bond donors (Lipinski definition) is 1. The molecule has 82 valence electrons. The van der Waals surface area contributed by atoms with Crippen molar-refractivity contribution in [3.8, 4) is 0 Å². The van der Waals surface area contributed by atoms with Gasteiger partial charge in [-0.15, -0.1) is 0 Å². The zero-order valence-electron chi connectivity index (χ0n) is 7.84. The Morgan fingerprint density at radius 2 is 2.13 bits per heavy atom. The first kappa shape index (κ1) is 9.88. The summed E-state index contributed by atoms with van der Waals surface area (Å²) in [7, 11) is 0. The first-order valence-electron chi connectivity index (χ1n) is 4.73. The first-order valence-corrected chi connectivity index (χ1v) is 4.73. The number of hydrogen-bond acceptors (Lipinski definition) is 5. The normalized spacial score (nSPS) is 35.1. The van der Waals surface area contributed by atoms with E-state index >= 15 is 0 Å². The quantitative estimate of drug-likeness (QED) is 0.288. The second kappa shape index (κ2) is 3.48. The lowest BCUT2D eigenvalue weighted by Crippen LogP contribution is -2.54. The molecule has 2 fully saturated rings. The van der Waals surface area contributed by atoms with E-state index in [2.05, 4.69) is 10.1 Å². The highest BCUT2D eigenvalue weighted by Crippen LogP contribution is 2.29. The van der Waals surface area contributed by atoms with Crippen molar-refractivity contribution in [2.45, 2.75) is 31.3 Å². The van der Waals surface area contributed by atoms with E-state index < -0.39 is 30.1 Å². The molecule has 1 aliphatic heterocycles. The van der Waals surface area contributed by atoms with Crippen LogP contribution < -0.4 is 5.32 Å². The molecule has 1 heterocycles. The van der Waals surface area contributed by atoms with Gasteiger partial charge >= 0.3 is 12.1 Å². The maximum atomic E-state index is 11.3. The van der Waals surface area contributed by atoms with E-state index in [4.69, 9.17) is 0 Å². The van der Waals surface area contributed by atoms with Crippen LogP contribution in [0, 0.1) is 16.0 Å². The van der Waals surface area contributed by atoms with Gasteiger partial charge in [-0.25, -0.2) is 4.79 Å². The highest BCUT2D eigenvalue weighted by molar-refractivity contribution is 5.89. The third kappa shape index (κ3) is 1.77. The summed E-state index contributed by atoms with van der Waals surface area (Å²) in [5.74, 6) is -0.982. The number of nitrogens with one attached hydrogen (secondary N) is 1. The molecular weight excluding hydrogens is 204 g/mol. The summed E-state index contributed by atoms with van der Waals surface area (Å²) in [5, 5.41) is 13.0. The molecule has 1 N–H and O–H groups in total. The second-order valence-corrected chi connectivity index (χ2v) is 3.82. The van der Waals surface area contributed by atoms with Crippen LogP contribution in [0.4, 0.5) is 4.79 Å². The molecule has 2 aliphatic rings. The van der Waals surface area contributed by atoms with Gasteiger partial charge in [-0.1, -0.05) is 0 Å². The standard InChI is InChI=1S/C8H10N2O5/c11-7-5-2-1-4(10(13)14)3-6(5)9-8(12)15-7/h4-6H,1-3H2,(H,9,12). The SMILES string of the molecule is O=C1NC2CC([N+](=O)[O-])CCC2C(=O)O1. The van der Waals surface area contributed by atoms with E-state index in [0.717, 1.165) is 0 Å². The number of carbonyl (C=O) groups excluding carboxylic acids is 2. The van der Waals surface area contributed by atoms with Gasteiger partial charge in [0.2, 0.25) is 6.04 Å². The van der Waals surface area contributed by atoms with Gasteiger partial charge < -0.3 is 10.1 Å². The minimum Gasteiger partial charge on any atom is -0.376 e. The van der Waals surface area contributed by atoms with Crippen molar-refractivity contribution < 1.29 is 19.2 Å². The first-order chi connectivity index (χ1) is 7.08. The van der Waals surface area contributed by atoms with Crippen LogP contribution in [0.2, 0.25) is 0 Å². The molecule has 1 amide bonds. The Balaban J connectivity index is 2.09. The van der Waals surface area contributed by atoms with E-state index in [1.807, 2.05) is 0 Å². The van der Waals surface area contributed by atoms with Crippen LogP contribution in [0.3, 0.4) is 0 Å². The van der Waals surface area contributed by atoms with E-state index in [9.17, 15) is 19.7 Å². The summed E-state index contributed by atoms with van der Waals surface area (Å²) in [4.78, 5) is 32.4. The van der Waals surface area contributed by atoms with E-state index in [0.29, 0.717) is 12.8 Å². The molecule has 3 atom stereocenters. The van der Waals surface area contributed by atoms with Gasteiger partial charge in [-0.2, -0.15) is 0 Å². The lowest BCUT2D eigenvalue weighted by molar-refractivity contribution is -0.527. The van der Waals surface area contributed by atoms with Gasteiger partial charge in [0.05, 0.1) is 12.0 Å². The average Bonchev–Trinajstić information content (AvgIpc) is 2.16. The topological polar surface area (TPSA) is 98.5 Å². The zero-order chi connectivity index (χ0) is 11.0. The summed E-state index contributed by atoms with van der Waals surface area (Å²) in [5.41, 5.74) is 0. The number of carbonyl (C=O) groups is 2. The summed E-state index contributed by atoms with van der Waals surface area (Å²) >= 11 is 0. The number of alkyl carbamates (subject to hydrolysis) is 1. The Hall–Kier alpha value is -1.66. The van der Waals surface area contributed by atoms with Gasteiger partial charge in [0.25, 0.3) is 0 Å². The fourth-order valence-electron chi connectivity index (χ4n) is 2.13. The minimum absolute atomic E-state index is 0.207. The molecule has 3 unspecified atom stereocenters. The van der Waals surface area contributed by atoms with Gasteiger partial charge in [0, 0.05) is 17.8 Å². The fourth-order valence-corrected chi connectivity index (χ4v) is 2.13. The number of cyclic esters (lactones) is 2. The molecule has 15 heavy (non-hydrogen) atoms. The second-order valence-electron chi connectivity index (χ2n) is 3.82. The molecular formula is C8H10N2O5. The van der Waals surface area contributed by atoms with Crippen LogP contribution in [-0.4, -0.2) is 29.1 Å². The van der Waals surface area contributed by atoms with Gasteiger partial charge in [0.1, 0.15) is 0 Å². The molecule has 0 spiro atoms. The van der Waals surface area contributed by atoms with Crippen LogP contribution in [0.1, 0.15) is 19.3 Å². The molecule has 0 aromatic heterocycles. The van der Waals surface area contributed by atoms with Gasteiger partial charge in [0.15, 0.2) is 0 Å². The predicted octanol–water partition coefficient (Wildman–Crippen LogP) is 0.0668. The van der Waals surface area contributed by atoms with Gasteiger partial charge in [-0.05, 0) is 6.42 Å². The van der Waals surface area contributed by atoms with Crippen LogP contribution in [-0.2, 0) is 9.53 Å². The van der Waals surface area contributed by atoms with Crippen molar-refractivity contribution in [3.05, 3.63) is 10.1 Å². The van der Waals surface area contributed by atoms with E-state index in [1.165, 1.54) is 0 Å². The van der Waals surface area contributed by atoms with E-state index in [1.54, 1.807) is 0 Å². The van der Waals surface area contributed by atoms with Crippen molar-refractivity contribution in [1.82, 2.24) is 5.32 Å². The molecule has 1 saturated heterocycles.